The van der Waals surface area contributed by atoms with Crippen LogP contribution in [0.2, 0.25) is 5.02 Å². The molecule has 5 heteroatoms. The number of methoxy groups -OCH3 is 1. The second-order valence-corrected chi connectivity index (χ2v) is 4.47. The number of carboxylic acid groups (broad SMARTS) is 1. The topological polar surface area (TPSA) is 49.8 Å². The molecule has 1 aromatic rings. The van der Waals surface area contributed by atoms with Gasteiger partial charge in [0.25, 0.3) is 0 Å². The molecule has 1 aliphatic heterocycles. The molecule has 17 heavy (non-hydrogen) atoms. The number of halogens is 1. The van der Waals surface area contributed by atoms with E-state index in [1.165, 1.54) is 6.07 Å². The number of rotatable bonds is 3. The fourth-order valence-corrected chi connectivity index (χ4v) is 2.34. The Kier molecular flexibility index (Phi) is 3.54. The Morgan fingerprint density at radius 2 is 2.35 bits per heavy atom. The van der Waals surface area contributed by atoms with Gasteiger partial charge in [-0.15, -0.1) is 0 Å². The smallest absolute Gasteiger partial charge is 0.335 e. The second kappa shape index (κ2) is 4.94. The highest BCUT2D eigenvalue weighted by Gasteiger charge is 2.23. The first-order valence-electron chi connectivity index (χ1n) is 5.42. The Balaban J connectivity index is 2.20. The highest BCUT2D eigenvalue weighted by atomic mass is 35.5. The third-order valence-corrected chi connectivity index (χ3v) is 3.32. The first-order valence-corrected chi connectivity index (χ1v) is 5.80. The lowest BCUT2D eigenvalue weighted by atomic mass is 10.2. The summed E-state index contributed by atoms with van der Waals surface area (Å²) in [6.45, 7) is 1.67. The van der Waals surface area contributed by atoms with E-state index in [4.69, 9.17) is 21.4 Å². The van der Waals surface area contributed by atoms with Crippen molar-refractivity contribution < 1.29 is 14.6 Å². The van der Waals surface area contributed by atoms with Crippen LogP contribution in [-0.4, -0.2) is 37.4 Å². The van der Waals surface area contributed by atoms with Gasteiger partial charge in [-0.05, 0) is 24.6 Å². The van der Waals surface area contributed by atoms with Crippen molar-refractivity contribution in [2.75, 3.05) is 25.1 Å². The van der Waals surface area contributed by atoms with Crippen LogP contribution in [0, 0.1) is 0 Å². The van der Waals surface area contributed by atoms with Gasteiger partial charge < -0.3 is 14.7 Å². The van der Waals surface area contributed by atoms with Crippen molar-refractivity contribution >= 4 is 23.3 Å². The molecule has 1 heterocycles. The van der Waals surface area contributed by atoms with Crippen molar-refractivity contribution in [3.8, 4) is 0 Å². The maximum Gasteiger partial charge on any atom is 0.335 e. The average molecular weight is 256 g/mol. The van der Waals surface area contributed by atoms with Crippen LogP contribution in [-0.2, 0) is 4.74 Å². The standard InChI is InChI=1S/C12H14ClNO3/c1-17-9-4-5-14(7-9)11-3-2-8(12(15)16)6-10(11)13/h2-3,6,9H,4-5,7H2,1H3,(H,15,16)/t9-/m1/s1. The van der Waals surface area contributed by atoms with Crippen molar-refractivity contribution in [2.24, 2.45) is 0 Å². The summed E-state index contributed by atoms with van der Waals surface area (Å²) >= 11 is 6.10. The molecule has 1 aliphatic rings. The first-order chi connectivity index (χ1) is 8.11. The summed E-state index contributed by atoms with van der Waals surface area (Å²) in [6, 6.07) is 4.81. The predicted molar refractivity (Wildman–Crippen MR) is 66.0 cm³/mol. The molecule has 0 radical (unpaired) electrons. The second-order valence-electron chi connectivity index (χ2n) is 4.06. The number of carboxylic acids is 1. The summed E-state index contributed by atoms with van der Waals surface area (Å²) in [4.78, 5) is 12.9. The normalized spacial score (nSPS) is 19.6. The Hall–Kier alpha value is -1.26. The van der Waals surface area contributed by atoms with Crippen molar-refractivity contribution in [3.05, 3.63) is 28.8 Å². The van der Waals surface area contributed by atoms with Crippen molar-refractivity contribution in [2.45, 2.75) is 12.5 Å². The highest BCUT2D eigenvalue weighted by molar-refractivity contribution is 6.33. The van der Waals surface area contributed by atoms with E-state index in [0.717, 1.165) is 25.2 Å². The summed E-state index contributed by atoms with van der Waals surface area (Å²) in [6.07, 6.45) is 1.19. The molecule has 1 fully saturated rings. The lowest BCUT2D eigenvalue weighted by molar-refractivity contribution is 0.0697. The van der Waals surface area contributed by atoms with Gasteiger partial charge in [0.15, 0.2) is 0 Å². The largest absolute Gasteiger partial charge is 0.478 e. The number of ether oxygens (including phenoxy) is 1. The van der Waals surface area contributed by atoms with Crippen LogP contribution in [0.1, 0.15) is 16.8 Å². The van der Waals surface area contributed by atoms with E-state index < -0.39 is 5.97 Å². The van der Waals surface area contributed by atoms with Crippen molar-refractivity contribution in [3.63, 3.8) is 0 Å². The zero-order valence-corrected chi connectivity index (χ0v) is 10.3. The molecule has 92 valence electrons. The van der Waals surface area contributed by atoms with Crippen molar-refractivity contribution in [1.29, 1.82) is 0 Å². The molecule has 1 N–H and O–H groups in total. The molecule has 0 unspecified atom stereocenters. The van der Waals surface area contributed by atoms with Crippen LogP contribution < -0.4 is 4.90 Å². The molecule has 0 bridgehead atoms. The van der Waals surface area contributed by atoms with E-state index >= 15 is 0 Å². The molecule has 0 aromatic heterocycles. The van der Waals surface area contributed by atoms with Gasteiger partial charge in [-0.3, -0.25) is 0 Å². The summed E-state index contributed by atoms with van der Waals surface area (Å²) in [7, 11) is 1.70. The van der Waals surface area contributed by atoms with Gasteiger partial charge in [-0.2, -0.15) is 0 Å². The van der Waals surface area contributed by atoms with Crippen LogP contribution >= 0.6 is 11.6 Å². The van der Waals surface area contributed by atoms with Gasteiger partial charge in [0.05, 0.1) is 22.4 Å². The Morgan fingerprint density at radius 1 is 1.59 bits per heavy atom. The summed E-state index contributed by atoms with van der Waals surface area (Å²) in [5, 5.41) is 9.33. The van der Waals surface area contributed by atoms with E-state index in [1.54, 1.807) is 19.2 Å². The number of hydrogen-bond acceptors (Lipinski definition) is 3. The minimum atomic E-state index is -0.963. The van der Waals surface area contributed by atoms with Gasteiger partial charge >= 0.3 is 5.97 Å². The molecule has 2 rings (SSSR count). The maximum absolute atomic E-state index is 10.8. The van der Waals surface area contributed by atoms with E-state index in [9.17, 15) is 4.79 Å². The van der Waals surface area contributed by atoms with Crippen LogP contribution in [0.3, 0.4) is 0 Å². The predicted octanol–water partition coefficient (Wildman–Crippen LogP) is 2.26. The van der Waals surface area contributed by atoms with E-state index in [2.05, 4.69) is 4.90 Å². The zero-order valence-electron chi connectivity index (χ0n) is 9.52. The van der Waals surface area contributed by atoms with Crippen LogP contribution in [0.4, 0.5) is 5.69 Å². The molecular weight excluding hydrogens is 242 g/mol. The fraction of sp³-hybridized carbons (Fsp3) is 0.417. The lowest BCUT2D eigenvalue weighted by Gasteiger charge is -2.19. The van der Waals surface area contributed by atoms with E-state index in [-0.39, 0.29) is 11.7 Å². The number of benzene rings is 1. The Labute approximate surface area is 105 Å². The Morgan fingerprint density at radius 3 is 2.88 bits per heavy atom. The van der Waals surface area contributed by atoms with Gasteiger partial charge in [-0.1, -0.05) is 11.6 Å². The number of anilines is 1. The molecule has 0 aliphatic carbocycles. The summed E-state index contributed by atoms with van der Waals surface area (Å²) in [5.74, 6) is -0.963. The van der Waals surface area contributed by atoms with Crippen molar-refractivity contribution in [1.82, 2.24) is 0 Å². The highest BCUT2D eigenvalue weighted by Crippen LogP contribution is 2.30. The number of hydrogen-bond donors (Lipinski definition) is 1. The van der Waals surface area contributed by atoms with Crippen LogP contribution in [0.5, 0.6) is 0 Å². The molecule has 1 atom stereocenters. The number of carbonyl (C=O) groups is 1. The Bertz CT molecular complexity index is 436. The first kappa shape index (κ1) is 12.2. The molecular formula is C12H14ClNO3. The minimum absolute atomic E-state index is 0.209. The minimum Gasteiger partial charge on any atom is -0.478 e. The van der Waals surface area contributed by atoms with Crippen LogP contribution in [0.15, 0.2) is 18.2 Å². The average Bonchev–Trinajstić information content (AvgIpc) is 2.77. The monoisotopic (exact) mass is 255 g/mol. The number of nitrogens with zero attached hydrogens (tertiary/aromatic N) is 1. The molecule has 1 aromatic carbocycles. The van der Waals surface area contributed by atoms with Gasteiger partial charge in [0, 0.05) is 20.2 Å². The number of aromatic carboxylic acids is 1. The molecule has 0 amide bonds. The molecule has 0 spiro atoms. The maximum atomic E-state index is 10.8. The van der Waals surface area contributed by atoms with Gasteiger partial charge in [0.2, 0.25) is 0 Å². The molecule has 4 nitrogen and oxygen atoms in total. The quantitative estimate of drug-likeness (QED) is 0.900. The fourth-order valence-electron chi connectivity index (χ4n) is 2.04. The third kappa shape index (κ3) is 2.53. The molecule has 1 saturated heterocycles. The molecule has 0 saturated carbocycles. The SMILES string of the molecule is CO[C@@H]1CCN(c2ccc(C(=O)O)cc2Cl)C1. The summed E-state index contributed by atoms with van der Waals surface area (Å²) < 4.78 is 5.29. The van der Waals surface area contributed by atoms with Gasteiger partial charge in [-0.25, -0.2) is 4.79 Å². The van der Waals surface area contributed by atoms with Crippen LogP contribution in [0.25, 0.3) is 0 Å². The third-order valence-electron chi connectivity index (χ3n) is 3.01. The lowest BCUT2D eigenvalue weighted by Crippen LogP contribution is -2.22. The van der Waals surface area contributed by atoms with E-state index in [0.29, 0.717) is 5.02 Å². The van der Waals surface area contributed by atoms with E-state index in [1.807, 2.05) is 0 Å². The summed E-state index contributed by atoms with van der Waals surface area (Å²) in [5.41, 5.74) is 1.08. The zero-order chi connectivity index (χ0) is 12.4. The van der Waals surface area contributed by atoms with Gasteiger partial charge in [0.1, 0.15) is 0 Å².